The molecule has 0 aromatic rings. The Bertz CT molecular complexity index is 221. The summed E-state index contributed by atoms with van der Waals surface area (Å²) in [6.45, 7) is -2.14. The second-order valence-electron chi connectivity index (χ2n) is 2.74. The van der Waals surface area contributed by atoms with Crippen LogP contribution in [0.25, 0.3) is 0 Å². The second-order valence-corrected chi connectivity index (χ2v) is 6.79. The zero-order valence-electron chi connectivity index (χ0n) is 7.71. The van der Waals surface area contributed by atoms with Gasteiger partial charge in [-0.2, -0.15) is 0 Å². The highest BCUT2D eigenvalue weighted by molar-refractivity contribution is 8.46. The molecule has 1 aliphatic heterocycles. The van der Waals surface area contributed by atoms with E-state index in [9.17, 15) is 9.67 Å². The van der Waals surface area contributed by atoms with E-state index >= 15 is 0 Å². The van der Waals surface area contributed by atoms with E-state index in [4.69, 9.17) is 10.6 Å². The van der Waals surface area contributed by atoms with Gasteiger partial charge in [-0.3, -0.25) is 4.57 Å². The average molecular weight is 214 g/mol. The van der Waals surface area contributed by atoms with E-state index in [1.807, 2.05) is 0 Å². The Morgan fingerprint density at radius 3 is 3.08 bits per heavy atom. The van der Waals surface area contributed by atoms with E-state index < -0.39 is 25.4 Å². The molecule has 6 heteroatoms. The maximum Gasteiger partial charge on any atom is 0.251 e. The van der Waals surface area contributed by atoms with Crippen LogP contribution in [-0.4, -0.2) is 37.2 Å². The third-order valence-electron chi connectivity index (χ3n) is 1.52. The monoisotopic (exact) mass is 214 g/mol. The number of hydrogen-bond donors (Lipinski definition) is 2. The number of hydrogen-bond acceptors (Lipinski definition) is 4. The largest absolute Gasteiger partial charge is 0.390 e. The Morgan fingerprint density at radius 1 is 2.00 bits per heavy atom. The highest BCUT2D eigenvalue weighted by Crippen LogP contribution is 2.47. The zero-order valence-corrected chi connectivity index (χ0v) is 8.50. The van der Waals surface area contributed by atoms with E-state index in [1.165, 1.54) is 6.66 Å². The van der Waals surface area contributed by atoms with Crippen LogP contribution in [0, 0.1) is 0 Å². The maximum absolute atomic E-state index is 11.0. The molecule has 0 spiro atoms. The molecule has 0 amide bonds. The smallest absolute Gasteiger partial charge is 0.251 e. The SMILES string of the molecule is [3H][C@H]1C[C@@H](O)[C@@H](COP(C)(=O)S)O1. The van der Waals surface area contributed by atoms with Crippen molar-refractivity contribution < 1.29 is 20.3 Å². The van der Waals surface area contributed by atoms with Gasteiger partial charge >= 0.3 is 0 Å². The van der Waals surface area contributed by atoms with Gasteiger partial charge in [0.2, 0.25) is 0 Å². The Morgan fingerprint density at radius 2 is 2.67 bits per heavy atom. The quantitative estimate of drug-likeness (QED) is 0.541. The van der Waals surface area contributed by atoms with Crippen LogP contribution in [0.3, 0.4) is 0 Å². The molecule has 12 heavy (non-hydrogen) atoms. The first-order chi connectivity index (χ1) is 5.88. The lowest BCUT2D eigenvalue weighted by Crippen LogP contribution is -2.25. The van der Waals surface area contributed by atoms with Crippen LogP contribution in [0.4, 0.5) is 0 Å². The minimum atomic E-state index is -2.82. The predicted molar refractivity (Wildman–Crippen MR) is 48.8 cm³/mol. The van der Waals surface area contributed by atoms with E-state index in [0.717, 1.165) is 0 Å². The lowest BCUT2D eigenvalue weighted by molar-refractivity contribution is 0.0127. The van der Waals surface area contributed by atoms with Crippen molar-refractivity contribution in [2.45, 2.75) is 18.6 Å². The van der Waals surface area contributed by atoms with Gasteiger partial charge in [0.05, 0.1) is 14.1 Å². The fourth-order valence-corrected chi connectivity index (χ4v) is 1.51. The van der Waals surface area contributed by atoms with Gasteiger partial charge in [-0.1, -0.05) is 12.2 Å². The van der Waals surface area contributed by atoms with Crippen molar-refractivity contribution in [2.75, 3.05) is 19.9 Å². The van der Waals surface area contributed by atoms with Crippen LogP contribution >= 0.6 is 18.8 Å². The van der Waals surface area contributed by atoms with Crippen molar-refractivity contribution in [2.24, 2.45) is 0 Å². The first-order valence-electron chi connectivity index (χ1n) is 4.17. The van der Waals surface area contributed by atoms with Gasteiger partial charge < -0.3 is 14.4 Å². The van der Waals surface area contributed by atoms with Gasteiger partial charge in [-0.15, -0.1) is 0 Å². The Labute approximate surface area is 78.3 Å². The van der Waals surface area contributed by atoms with Crippen molar-refractivity contribution in [3.05, 3.63) is 0 Å². The fraction of sp³-hybridized carbons (Fsp3) is 1.00. The number of rotatable bonds is 3. The standard InChI is InChI=1S/C6H13O4PS/c1-11(8,12)10-4-6-5(7)2-3-9-6/h5-7H,2-4H2,1H3,(H,8,12)/t5-,6-,11?/m1/s1/i3T/t3-,5+,6+,11?/m0. The summed E-state index contributed by atoms with van der Waals surface area (Å²) in [5, 5.41) is 9.32. The molecule has 0 saturated carbocycles. The predicted octanol–water partition coefficient (Wildman–Crippen LogP) is 0.905. The molecule has 0 bridgehead atoms. The van der Waals surface area contributed by atoms with E-state index in [2.05, 4.69) is 12.2 Å². The normalized spacial score (nSPS) is 42.2. The van der Waals surface area contributed by atoms with Crippen LogP contribution in [-0.2, 0) is 13.8 Å². The summed E-state index contributed by atoms with van der Waals surface area (Å²) in [6.07, 6.45) is -0.987. The Kier molecular flexibility index (Phi) is 3.10. The summed E-state index contributed by atoms with van der Waals surface area (Å²) in [5.74, 6) is 0. The molecule has 1 heterocycles. The van der Waals surface area contributed by atoms with Crippen molar-refractivity contribution in [3.63, 3.8) is 0 Å². The van der Waals surface area contributed by atoms with Gasteiger partial charge in [0.25, 0.3) is 6.57 Å². The molecule has 1 aliphatic rings. The third-order valence-corrected chi connectivity index (χ3v) is 2.49. The molecule has 1 N–H and O–H groups in total. The van der Waals surface area contributed by atoms with E-state index in [1.54, 1.807) is 0 Å². The maximum atomic E-state index is 11.0. The van der Waals surface area contributed by atoms with E-state index in [-0.39, 0.29) is 13.0 Å². The van der Waals surface area contributed by atoms with Gasteiger partial charge in [0.1, 0.15) is 6.10 Å². The average Bonchev–Trinajstić information content (AvgIpc) is 2.24. The van der Waals surface area contributed by atoms with Crippen LogP contribution in [0.5, 0.6) is 0 Å². The summed E-state index contributed by atoms with van der Waals surface area (Å²) in [4.78, 5) is 0. The highest BCUT2D eigenvalue weighted by Gasteiger charge is 2.27. The van der Waals surface area contributed by atoms with Crippen molar-refractivity contribution in [1.29, 1.82) is 0 Å². The van der Waals surface area contributed by atoms with Gasteiger partial charge in [-0.25, -0.2) is 0 Å². The molecule has 4 nitrogen and oxygen atoms in total. The Balaban J connectivity index is 2.34. The van der Waals surface area contributed by atoms with Crippen molar-refractivity contribution in [1.82, 2.24) is 0 Å². The molecule has 72 valence electrons. The summed E-state index contributed by atoms with van der Waals surface area (Å²) in [7, 11) is 0. The molecule has 0 radical (unpaired) electrons. The van der Waals surface area contributed by atoms with Gasteiger partial charge in [0.15, 0.2) is 0 Å². The summed E-state index contributed by atoms with van der Waals surface area (Å²) in [5.41, 5.74) is 0. The minimum absolute atomic E-state index is 0.0217. The van der Waals surface area contributed by atoms with Crippen molar-refractivity contribution >= 4 is 18.8 Å². The Hall–Kier alpha value is 0.460. The van der Waals surface area contributed by atoms with Gasteiger partial charge in [0, 0.05) is 13.2 Å². The molecule has 0 aliphatic carbocycles. The van der Waals surface area contributed by atoms with Crippen LogP contribution in [0.1, 0.15) is 7.79 Å². The minimum Gasteiger partial charge on any atom is -0.390 e. The number of thiol groups is 1. The topological polar surface area (TPSA) is 55.8 Å². The van der Waals surface area contributed by atoms with Crippen LogP contribution < -0.4 is 0 Å². The summed E-state index contributed by atoms with van der Waals surface area (Å²) >= 11 is 3.73. The highest BCUT2D eigenvalue weighted by atomic mass is 32.7. The second kappa shape index (κ2) is 4.11. The van der Waals surface area contributed by atoms with E-state index in [0.29, 0.717) is 0 Å². The number of aliphatic hydroxyl groups excluding tert-OH is 1. The molecule has 1 unspecified atom stereocenters. The number of ether oxygens (including phenoxy) is 1. The molecular formula is C6H13O4PS. The third kappa shape index (κ3) is 3.46. The number of aliphatic hydroxyl groups is 1. The first-order valence-corrected chi connectivity index (χ1v) is 6.81. The van der Waals surface area contributed by atoms with Gasteiger partial charge in [-0.05, 0) is 6.42 Å². The van der Waals surface area contributed by atoms with Crippen LogP contribution in [0.2, 0.25) is 0 Å². The van der Waals surface area contributed by atoms with Crippen molar-refractivity contribution in [3.8, 4) is 0 Å². The molecule has 1 fully saturated rings. The first kappa shape index (κ1) is 9.03. The fourth-order valence-electron chi connectivity index (χ4n) is 0.882. The lowest BCUT2D eigenvalue weighted by atomic mass is 10.2. The summed E-state index contributed by atoms with van der Waals surface area (Å²) in [6, 6.07) is 0. The van der Waals surface area contributed by atoms with Crippen LogP contribution in [0.15, 0.2) is 0 Å². The molecule has 4 atom stereocenters. The molecule has 0 aromatic carbocycles. The summed E-state index contributed by atoms with van der Waals surface area (Å²) < 4.78 is 28.1. The lowest BCUT2D eigenvalue weighted by Gasteiger charge is -2.15. The molecular weight excluding hydrogens is 199 g/mol. The molecule has 0 aromatic heterocycles. The molecule has 1 saturated heterocycles. The molecule has 1 rings (SSSR count). The zero-order chi connectivity index (χ0) is 10.1.